The topological polar surface area (TPSA) is 43.7 Å². The highest BCUT2D eigenvalue weighted by Crippen LogP contribution is 2.19. The second kappa shape index (κ2) is 6.18. The first-order valence-electron chi connectivity index (χ1n) is 8.25. The van der Waals surface area contributed by atoms with Gasteiger partial charge in [0.1, 0.15) is 23.9 Å². The number of hydrogen-bond donors (Lipinski definition) is 1. The molecular weight excluding hydrogens is 368 g/mol. The molecule has 1 aliphatic heterocycles. The number of nitrogens with one attached hydrogen (secondary N) is 1. The van der Waals surface area contributed by atoms with Crippen LogP contribution in [0.2, 0.25) is 0 Å². The molecule has 2 atom stereocenters. The average Bonchev–Trinajstić information content (AvgIpc) is 3.16. The van der Waals surface area contributed by atoms with Crippen LogP contribution in [0.1, 0.15) is 30.3 Å². The van der Waals surface area contributed by atoms with Gasteiger partial charge in [-0.15, -0.1) is 0 Å². The first kappa shape index (κ1) is 15.6. The summed E-state index contributed by atoms with van der Waals surface area (Å²) in [6, 6.07) is 10.3. The first-order chi connectivity index (χ1) is 11.6. The molecule has 0 bridgehead atoms. The zero-order chi connectivity index (χ0) is 16.7. The molecule has 3 aromatic rings. The van der Waals surface area contributed by atoms with Gasteiger partial charge >= 0.3 is 0 Å². The largest absolute Gasteiger partial charge is 0.350 e. The van der Waals surface area contributed by atoms with Crippen molar-refractivity contribution in [3.8, 4) is 0 Å². The second-order valence-electron chi connectivity index (χ2n) is 6.49. The minimum atomic E-state index is -0.0229. The Hall–Kier alpha value is -1.92. The van der Waals surface area contributed by atoms with E-state index in [0.29, 0.717) is 11.7 Å². The Labute approximate surface area is 148 Å². The molecule has 0 radical (unpaired) electrons. The van der Waals surface area contributed by atoms with Crippen molar-refractivity contribution in [1.82, 2.24) is 14.0 Å². The number of rotatable bonds is 3. The Morgan fingerprint density at radius 1 is 1.38 bits per heavy atom. The molecular formula is C18H20BrN4O+. The van der Waals surface area contributed by atoms with Gasteiger partial charge in [-0.3, -0.25) is 9.20 Å². The van der Waals surface area contributed by atoms with E-state index in [0.717, 1.165) is 23.3 Å². The van der Waals surface area contributed by atoms with E-state index in [2.05, 4.69) is 45.9 Å². The van der Waals surface area contributed by atoms with E-state index in [1.54, 1.807) is 16.7 Å². The minimum absolute atomic E-state index is 0.0229. The quantitative estimate of drug-likeness (QED) is 0.743. The molecule has 0 amide bonds. The number of aromatic nitrogens is 3. The van der Waals surface area contributed by atoms with Gasteiger partial charge in [-0.2, -0.15) is 0 Å². The average molecular weight is 388 g/mol. The summed E-state index contributed by atoms with van der Waals surface area (Å²) < 4.78 is 4.67. The van der Waals surface area contributed by atoms with Crippen molar-refractivity contribution in [2.75, 3.05) is 6.54 Å². The molecule has 1 N–H and O–H groups in total. The molecule has 0 saturated carbocycles. The third kappa shape index (κ3) is 2.80. The molecule has 4 heterocycles. The van der Waals surface area contributed by atoms with E-state index in [1.165, 1.54) is 23.4 Å². The smallest absolute Gasteiger partial charge is 0.258 e. The molecule has 1 fully saturated rings. The number of quaternary nitrogens is 1. The van der Waals surface area contributed by atoms with Crippen LogP contribution in [0.15, 0.2) is 52.0 Å². The maximum Gasteiger partial charge on any atom is 0.258 e. The van der Waals surface area contributed by atoms with Gasteiger partial charge in [0.25, 0.3) is 5.56 Å². The highest BCUT2D eigenvalue weighted by atomic mass is 79.9. The van der Waals surface area contributed by atoms with Gasteiger partial charge in [-0.25, -0.2) is 4.98 Å². The first-order valence-corrected chi connectivity index (χ1v) is 9.05. The number of nitrogens with zero attached hydrogens (tertiary/aromatic N) is 3. The highest BCUT2D eigenvalue weighted by molar-refractivity contribution is 9.10. The molecule has 3 aromatic heterocycles. The van der Waals surface area contributed by atoms with Crippen LogP contribution in [0.4, 0.5) is 0 Å². The number of pyridine rings is 1. The summed E-state index contributed by atoms with van der Waals surface area (Å²) in [6.45, 7) is 1.91. The van der Waals surface area contributed by atoms with Crippen molar-refractivity contribution in [2.45, 2.75) is 25.4 Å². The summed E-state index contributed by atoms with van der Waals surface area (Å²) in [4.78, 5) is 18.6. The van der Waals surface area contributed by atoms with Gasteiger partial charge in [-0.05, 0) is 40.2 Å². The fraction of sp³-hybridized carbons (Fsp3) is 0.333. The summed E-state index contributed by atoms with van der Waals surface area (Å²) in [7, 11) is 2.10. The summed E-state index contributed by atoms with van der Waals surface area (Å²) in [6.07, 6.45) is 6.27. The number of aryl methyl sites for hydroxylation is 1. The van der Waals surface area contributed by atoms with Crippen molar-refractivity contribution in [3.05, 3.63) is 68.9 Å². The van der Waals surface area contributed by atoms with E-state index in [-0.39, 0.29) is 5.56 Å². The third-order valence-corrected chi connectivity index (χ3v) is 5.38. The lowest BCUT2D eigenvalue weighted by Gasteiger charge is -2.22. The van der Waals surface area contributed by atoms with Crippen LogP contribution in [0.25, 0.3) is 5.65 Å². The maximum atomic E-state index is 12.4. The van der Waals surface area contributed by atoms with Crippen molar-refractivity contribution < 1.29 is 4.90 Å². The minimum Gasteiger partial charge on any atom is -0.350 e. The van der Waals surface area contributed by atoms with Crippen LogP contribution in [0, 0.1) is 0 Å². The molecule has 4 rings (SSSR count). The molecule has 0 aromatic carbocycles. The zero-order valence-corrected chi connectivity index (χ0v) is 15.2. The molecule has 24 heavy (non-hydrogen) atoms. The molecule has 124 valence electrons. The Morgan fingerprint density at radius 3 is 3.04 bits per heavy atom. The zero-order valence-electron chi connectivity index (χ0n) is 13.6. The summed E-state index contributed by atoms with van der Waals surface area (Å²) in [5.41, 5.74) is 2.92. The van der Waals surface area contributed by atoms with Crippen LogP contribution in [-0.4, -0.2) is 20.5 Å². The van der Waals surface area contributed by atoms with E-state index in [1.807, 2.05) is 12.1 Å². The van der Waals surface area contributed by atoms with E-state index in [4.69, 9.17) is 4.98 Å². The number of likely N-dealkylation sites (tertiary alicyclic amines) is 1. The van der Waals surface area contributed by atoms with Crippen molar-refractivity contribution in [3.63, 3.8) is 0 Å². The van der Waals surface area contributed by atoms with Crippen LogP contribution >= 0.6 is 15.9 Å². The van der Waals surface area contributed by atoms with Crippen LogP contribution in [0.5, 0.6) is 0 Å². The lowest BCUT2D eigenvalue weighted by atomic mass is 10.1. The lowest BCUT2D eigenvalue weighted by molar-refractivity contribution is -0.932. The predicted octanol–water partition coefficient (Wildman–Crippen LogP) is 1.72. The SMILES string of the molecule is Cn1cccc1[C@@H]1CCC[NH+]1Cc1cc(=O)n2cc(Br)ccc2n1. The molecule has 0 spiro atoms. The van der Waals surface area contributed by atoms with Gasteiger partial charge in [0.05, 0.1) is 12.2 Å². The van der Waals surface area contributed by atoms with Crippen molar-refractivity contribution in [1.29, 1.82) is 0 Å². The summed E-state index contributed by atoms with van der Waals surface area (Å²) >= 11 is 3.40. The summed E-state index contributed by atoms with van der Waals surface area (Å²) in [5, 5.41) is 0. The van der Waals surface area contributed by atoms with E-state index in [9.17, 15) is 4.79 Å². The molecule has 1 aliphatic rings. The highest BCUT2D eigenvalue weighted by Gasteiger charge is 2.31. The molecule has 1 unspecified atom stereocenters. The summed E-state index contributed by atoms with van der Waals surface area (Å²) in [5.74, 6) is 0. The number of halogens is 1. The van der Waals surface area contributed by atoms with Crippen molar-refractivity contribution in [2.24, 2.45) is 7.05 Å². The van der Waals surface area contributed by atoms with Gasteiger partial charge in [0, 0.05) is 42.8 Å². The Morgan fingerprint density at radius 2 is 2.25 bits per heavy atom. The van der Waals surface area contributed by atoms with Crippen LogP contribution in [0.3, 0.4) is 0 Å². The maximum absolute atomic E-state index is 12.4. The lowest BCUT2D eigenvalue weighted by Crippen LogP contribution is -3.09. The Balaban J connectivity index is 1.65. The third-order valence-electron chi connectivity index (χ3n) is 4.91. The number of fused-ring (bicyclic) bond motifs is 1. The van der Waals surface area contributed by atoms with E-state index < -0.39 is 0 Å². The number of hydrogen-bond acceptors (Lipinski definition) is 2. The van der Waals surface area contributed by atoms with Gasteiger partial charge in [0.15, 0.2) is 0 Å². The second-order valence-corrected chi connectivity index (χ2v) is 7.40. The normalized spacial score (nSPS) is 20.8. The van der Waals surface area contributed by atoms with Crippen LogP contribution in [-0.2, 0) is 13.6 Å². The van der Waals surface area contributed by atoms with Gasteiger partial charge < -0.3 is 9.47 Å². The van der Waals surface area contributed by atoms with Gasteiger partial charge in [0.2, 0.25) is 0 Å². The fourth-order valence-electron chi connectivity index (χ4n) is 3.77. The molecule has 1 saturated heterocycles. The standard InChI is InChI=1S/C18H19BrN4O/c1-21-8-2-4-15(21)16-5-3-9-22(16)12-14-10-18(24)23-11-13(19)6-7-17(23)20-14/h2,4,6-8,10-11,16H,3,5,9,12H2,1H3/p+1/t16-/m0/s1. The Bertz CT molecular complexity index is 946. The van der Waals surface area contributed by atoms with Crippen molar-refractivity contribution >= 4 is 21.6 Å². The van der Waals surface area contributed by atoms with E-state index >= 15 is 0 Å². The molecule has 5 nitrogen and oxygen atoms in total. The predicted molar refractivity (Wildman–Crippen MR) is 96.1 cm³/mol. The molecule has 6 heteroatoms. The van der Waals surface area contributed by atoms with Crippen LogP contribution < -0.4 is 10.5 Å². The van der Waals surface area contributed by atoms with Gasteiger partial charge in [-0.1, -0.05) is 0 Å². The fourth-order valence-corrected chi connectivity index (χ4v) is 4.10. The Kier molecular flexibility index (Phi) is 4.02. The monoisotopic (exact) mass is 387 g/mol. The molecule has 0 aliphatic carbocycles.